The molecule has 1 aromatic heterocycles. The Morgan fingerprint density at radius 3 is 2.52 bits per heavy atom. The topological polar surface area (TPSA) is 71.4 Å². The molecule has 31 heavy (non-hydrogen) atoms. The third-order valence-corrected chi connectivity index (χ3v) is 5.84. The van der Waals surface area contributed by atoms with Crippen molar-refractivity contribution in [1.29, 1.82) is 0 Å². The molecule has 2 amide bonds. The Bertz CT molecular complexity index is 1180. The zero-order valence-corrected chi connectivity index (χ0v) is 17.7. The lowest BCUT2D eigenvalue weighted by atomic mass is 10.1. The maximum absolute atomic E-state index is 12.8. The van der Waals surface area contributed by atoms with Crippen LogP contribution in [0.3, 0.4) is 0 Å². The number of carbonyl (C=O) groups is 2. The van der Waals surface area contributed by atoms with E-state index in [1.807, 2.05) is 62.4 Å². The molecule has 0 spiro atoms. The van der Waals surface area contributed by atoms with Crippen molar-refractivity contribution in [1.82, 2.24) is 4.57 Å². The van der Waals surface area contributed by atoms with Gasteiger partial charge in [-0.3, -0.25) is 14.4 Å². The van der Waals surface area contributed by atoms with Crippen molar-refractivity contribution in [2.75, 3.05) is 16.8 Å². The van der Waals surface area contributed by atoms with E-state index in [9.17, 15) is 14.4 Å². The summed E-state index contributed by atoms with van der Waals surface area (Å²) >= 11 is 0. The minimum atomic E-state index is -0.394. The van der Waals surface area contributed by atoms with Gasteiger partial charge in [0.25, 0.3) is 5.56 Å². The molecule has 1 atom stereocenters. The average molecular weight is 415 g/mol. The fraction of sp³-hybridized carbons (Fsp3) is 0.240. The van der Waals surface area contributed by atoms with Gasteiger partial charge in [-0.25, -0.2) is 0 Å². The number of hydrogen-bond acceptors (Lipinski definition) is 3. The van der Waals surface area contributed by atoms with Gasteiger partial charge >= 0.3 is 0 Å². The van der Waals surface area contributed by atoms with E-state index in [-0.39, 0.29) is 23.8 Å². The lowest BCUT2D eigenvalue weighted by molar-refractivity contribution is -0.122. The second kappa shape index (κ2) is 8.60. The van der Waals surface area contributed by atoms with Crippen molar-refractivity contribution in [3.8, 4) is 0 Å². The van der Waals surface area contributed by atoms with Crippen LogP contribution in [0.15, 0.2) is 71.7 Å². The van der Waals surface area contributed by atoms with Crippen LogP contribution in [-0.4, -0.2) is 22.9 Å². The van der Waals surface area contributed by atoms with Crippen molar-refractivity contribution in [3.63, 3.8) is 0 Å². The highest BCUT2D eigenvalue weighted by molar-refractivity contribution is 6.03. The lowest BCUT2D eigenvalue weighted by Crippen LogP contribution is -2.28. The first-order valence-electron chi connectivity index (χ1n) is 10.3. The van der Waals surface area contributed by atoms with Crippen molar-refractivity contribution >= 4 is 23.2 Å². The molecule has 3 aromatic rings. The highest BCUT2D eigenvalue weighted by atomic mass is 16.2. The second-order valence-electron chi connectivity index (χ2n) is 7.98. The maximum atomic E-state index is 12.8. The standard InChI is InChI=1S/C25H25N3O3/c1-17-6-5-7-22(18(17)2)28-16-20(14-24(28)30)25(31)26-21-11-9-19(10-12-21)15-27-13-4-3-8-23(27)29/h3-13,20H,14-16H2,1-2H3,(H,26,31)/t20-/m1/s1. The van der Waals surface area contributed by atoms with Gasteiger partial charge in [-0.2, -0.15) is 0 Å². The van der Waals surface area contributed by atoms with Gasteiger partial charge < -0.3 is 14.8 Å². The molecule has 2 aromatic carbocycles. The minimum absolute atomic E-state index is 0.0301. The molecular formula is C25H25N3O3. The third-order valence-electron chi connectivity index (χ3n) is 5.84. The first-order valence-corrected chi connectivity index (χ1v) is 10.3. The largest absolute Gasteiger partial charge is 0.326 e. The van der Waals surface area contributed by atoms with Crippen LogP contribution in [0.2, 0.25) is 0 Å². The number of hydrogen-bond donors (Lipinski definition) is 1. The summed E-state index contributed by atoms with van der Waals surface area (Å²) in [6, 6.07) is 18.4. The van der Waals surface area contributed by atoms with E-state index in [0.717, 1.165) is 22.4 Å². The van der Waals surface area contributed by atoms with Gasteiger partial charge in [0, 0.05) is 36.6 Å². The zero-order valence-electron chi connectivity index (χ0n) is 17.7. The number of anilines is 2. The molecule has 2 heterocycles. The number of nitrogens with zero attached hydrogens (tertiary/aromatic N) is 2. The highest BCUT2D eigenvalue weighted by Gasteiger charge is 2.35. The molecule has 1 aliphatic heterocycles. The average Bonchev–Trinajstić information content (AvgIpc) is 3.15. The molecule has 1 fully saturated rings. The van der Waals surface area contributed by atoms with Crippen LogP contribution < -0.4 is 15.8 Å². The number of aromatic nitrogens is 1. The fourth-order valence-electron chi connectivity index (χ4n) is 3.87. The Kier molecular flexibility index (Phi) is 5.71. The molecule has 1 aliphatic rings. The molecule has 0 bridgehead atoms. The molecule has 6 nitrogen and oxygen atoms in total. The number of aryl methyl sites for hydroxylation is 1. The van der Waals surface area contributed by atoms with Crippen molar-refractivity contribution < 1.29 is 9.59 Å². The summed E-state index contributed by atoms with van der Waals surface area (Å²) in [5.41, 5.74) is 4.64. The van der Waals surface area contributed by atoms with E-state index in [4.69, 9.17) is 0 Å². The van der Waals surface area contributed by atoms with E-state index < -0.39 is 5.92 Å². The molecule has 1 saturated heterocycles. The van der Waals surface area contributed by atoms with Gasteiger partial charge in [-0.05, 0) is 54.8 Å². The molecule has 0 unspecified atom stereocenters. The van der Waals surface area contributed by atoms with Crippen molar-refractivity contribution in [3.05, 3.63) is 93.9 Å². The summed E-state index contributed by atoms with van der Waals surface area (Å²) in [5, 5.41) is 2.92. The summed E-state index contributed by atoms with van der Waals surface area (Å²) in [5.74, 6) is -0.583. The van der Waals surface area contributed by atoms with Crippen LogP contribution in [0.5, 0.6) is 0 Å². The second-order valence-corrected chi connectivity index (χ2v) is 7.98. The molecule has 6 heteroatoms. The van der Waals surface area contributed by atoms with Crippen LogP contribution in [0, 0.1) is 19.8 Å². The first-order chi connectivity index (χ1) is 14.9. The Morgan fingerprint density at radius 2 is 1.77 bits per heavy atom. The number of nitrogens with one attached hydrogen (secondary N) is 1. The number of benzene rings is 2. The number of carbonyl (C=O) groups excluding carboxylic acids is 2. The summed E-state index contributed by atoms with van der Waals surface area (Å²) in [6.07, 6.45) is 1.95. The molecule has 0 saturated carbocycles. The van der Waals surface area contributed by atoms with Crippen LogP contribution in [0.4, 0.5) is 11.4 Å². The van der Waals surface area contributed by atoms with Gasteiger partial charge in [0.1, 0.15) is 0 Å². The first kappa shape index (κ1) is 20.6. The molecule has 158 valence electrons. The smallest absolute Gasteiger partial charge is 0.250 e. The Hall–Kier alpha value is -3.67. The number of amides is 2. The molecule has 0 aliphatic carbocycles. The Morgan fingerprint density at radius 1 is 1.00 bits per heavy atom. The molecule has 0 radical (unpaired) electrons. The van der Waals surface area contributed by atoms with E-state index >= 15 is 0 Å². The van der Waals surface area contributed by atoms with E-state index in [0.29, 0.717) is 18.8 Å². The maximum Gasteiger partial charge on any atom is 0.250 e. The van der Waals surface area contributed by atoms with Crippen LogP contribution in [-0.2, 0) is 16.1 Å². The van der Waals surface area contributed by atoms with Gasteiger partial charge in [0.15, 0.2) is 0 Å². The van der Waals surface area contributed by atoms with Crippen molar-refractivity contribution in [2.45, 2.75) is 26.8 Å². The Balaban J connectivity index is 1.40. The van der Waals surface area contributed by atoms with Gasteiger partial charge in [-0.1, -0.05) is 30.3 Å². The van der Waals surface area contributed by atoms with Gasteiger partial charge in [-0.15, -0.1) is 0 Å². The molecule has 4 rings (SSSR count). The zero-order chi connectivity index (χ0) is 22.0. The van der Waals surface area contributed by atoms with Gasteiger partial charge in [0.2, 0.25) is 11.8 Å². The van der Waals surface area contributed by atoms with Gasteiger partial charge in [0.05, 0.1) is 12.5 Å². The van der Waals surface area contributed by atoms with E-state index in [1.54, 1.807) is 21.7 Å². The van der Waals surface area contributed by atoms with Crippen LogP contribution >= 0.6 is 0 Å². The molecule has 1 N–H and O–H groups in total. The molecular weight excluding hydrogens is 390 g/mol. The SMILES string of the molecule is Cc1cccc(N2C[C@H](C(=O)Nc3ccc(Cn4ccccc4=O)cc3)CC2=O)c1C. The minimum Gasteiger partial charge on any atom is -0.326 e. The lowest BCUT2D eigenvalue weighted by Gasteiger charge is -2.20. The van der Waals surface area contributed by atoms with E-state index in [1.165, 1.54) is 6.07 Å². The van der Waals surface area contributed by atoms with Crippen LogP contribution in [0.25, 0.3) is 0 Å². The number of rotatable bonds is 5. The van der Waals surface area contributed by atoms with Crippen LogP contribution in [0.1, 0.15) is 23.1 Å². The summed E-state index contributed by atoms with van der Waals surface area (Å²) in [6.45, 7) is 4.86. The Labute approximate surface area is 181 Å². The normalized spacial score (nSPS) is 15.9. The van der Waals surface area contributed by atoms with E-state index in [2.05, 4.69) is 5.32 Å². The monoisotopic (exact) mass is 415 g/mol. The summed E-state index contributed by atoms with van der Waals surface area (Å²) in [7, 11) is 0. The van der Waals surface area contributed by atoms with Crippen molar-refractivity contribution in [2.24, 2.45) is 5.92 Å². The quantitative estimate of drug-likeness (QED) is 0.693. The predicted octanol–water partition coefficient (Wildman–Crippen LogP) is 3.51. The summed E-state index contributed by atoms with van der Waals surface area (Å²) < 4.78 is 1.62. The predicted molar refractivity (Wildman–Crippen MR) is 121 cm³/mol. The highest BCUT2D eigenvalue weighted by Crippen LogP contribution is 2.30. The number of pyridine rings is 1. The fourth-order valence-corrected chi connectivity index (χ4v) is 3.87. The third kappa shape index (κ3) is 4.43. The summed E-state index contributed by atoms with van der Waals surface area (Å²) in [4.78, 5) is 38.9.